The molecule has 0 aromatic rings. The molecule has 45 heavy (non-hydrogen) atoms. The number of carbonyl (C=O) groups is 3. The molecule has 3 unspecified atom stereocenters. The lowest BCUT2D eigenvalue weighted by Gasteiger charge is -2.31. The maximum atomic E-state index is 13.4. The second kappa shape index (κ2) is 30.2. The minimum atomic E-state index is -2.75. The van der Waals surface area contributed by atoms with E-state index in [1.165, 1.54) is 122 Å². The quantitative estimate of drug-likeness (QED) is 0.0471. The Morgan fingerprint density at radius 1 is 0.533 bits per heavy atom. The first kappa shape index (κ1) is 43.9. The standard InChI is InChI=1S/C39H74O6/c1-4-6-8-10-12-14-16-18-20-21-23-25-27-29-31-35(38(44)39(45,34(3)41)37(43)33-40)36(42)32-30-28-26-24-22-19-17-15-13-11-9-7-5-2/h35,37,40,43,45H,4-33H2,1-3H3. The number of hydrogen-bond donors (Lipinski definition) is 3. The molecule has 0 heterocycles. The van der Waals surface area contributed by atoms with E-state index >= 15 is 0 Å². The van der Waals surface area contributed by atoms with Crippen molar-refractivity contribution < 1.29 is 29.7 Å². The molecule has 0 aromatic heterocycles. The van der Waals surface area contributed by atoms with Gasteiger partial charge in [0.05, 0.1) is 12.5 Å². The summed E-state index contributed by atoms with van der Waals surface area (Å²) in [7, 11) is 0. The van der Waals surface area contributed by atoms with Crippen molar-refractivity contribution in [2.45, 2.75) is 219 Å². The second-order valence-electron chi connectivity index (χ2n) is 13.8. The highest BCUT2D eigenvalue weighted by molar-refractivity contribution is 6.17. The molecule has 0 bridgehead atoms. The summed E-state index contributed by atoms with van der Waals surface area (Å²) in [5.41, 5.74) is -2.75. The van der Waals surface area contributed by atoms with Crippen LogP contribution in [0.15, 0.2) is 0 Å². The van der Waals surface area contributed by atoms with Crippen molar-refractivity contribution in [2.24, 2.45) is 5.92 Å². The predicted molar refractivity (Wildman–Crippen MR) is 187 cm³/mol. The number of rotatable bonds is 35. The Balaban J connectivity index is 4.50. The van der Waals surface area contributed by atoms with Crippen LogP contribution >= 0.6 is 0 Å². The van der Waals surface area contributed by atoms with Crippen LogP contribution in [0, 0.1) is 5.92 Å². The Labute approximate surface area is 277 Å². The van der Waals surface area contributed by atoms with Gasteiger partial charge in [0.15, 0.2) is 11.6 Å². The number of hydrogen-bond acceptors (Lipinski definition) is 6. The van der Waals surface area contributed by atoms with Crippen LogP contribution in [0.4, 0.5) is 0 Å². The summed E-state index contributed by atoms with van der Waals surface area (Å²) in [6.07, 6.45) is 31.0. The fourth-order valence-corrected chi connectivity index (χ4v) is 6.44. The van der Waals surface area contributed by atoms with Crippen molar-refractivity contribution in [3.63, 3.8) is 0 Å². The topological polar surface area (TPSA) is 112 Å². The van der Waals surface area contributed by atoms with E-state index in [0.29, 0.717) is 12.8 Å². The highest BCUT2D eigenvalue weighted by Gasteiger charge is 2.51. The molecule has 0 aliphatic carbocycles. The molecular weight excluding hydrogens is 564 g/mol. The Kier molecular flexibility index (Phi) is 29.5. The molecule has 0 aliphatic heterocycles. The van der Waals surface area contributed by atoms with Gasteiger partial charge >= 0.3 is 0 Å². The van der Waals surface area contributed by atoms with Gasteiger partial charge in [0, 0.05) is 6.42 Å². The van der Waals surface area contributed by atoms with Crippen LogP contribution in [-0.2, 0) is 14.4 Å². The molecular formula is C39H74O6. The van der Waals surface area contributed by atoms with Crippen LogP contribution in [0.25, 0.3) is 0 Å². The van der Waals surface area contributed by atoms with Crippen LogP contribution in [-0.4, -0.2) is 51.0 Å². The molecule has 0 aliphatic rings. The number of ketones is 3. The first-order valence-corrected chi connectivity index (χ1v) is 19.4. The van der Waals surface area contributed by atoms with Gasteiger partial charge in [-0.2, -0.15) is 0 Å². The van der Waals surface area contributed by atoms with Gasteiger partial charge in [-0.15, -0.1) is 0 Å². The van der Waals surface area contributed by atoms with Gasteiger partial charge in [0.2, 0.25) is 5.60 Å². The predicted octanol–water partition coefficient (Wildman–Crippen LogP) is 9.77. The number of aliphatic hydroxyl groups is 3. The summed E-state index contributed by atoms with van der Waals surface area (Å²) in [5.74, 6) is -3.28. The van der Waals surface area contributed by atoms with Crippen LogP contribution in [0.3, 0.4) is 0 Å². The first-order valence-electron chi connectivity index (χ1n) is 19.4. The zero-order valence-electron chi connectivity index (χ0n) is 29.9. The molecule has 3 N–H and O–H groups in total. The summed E-state index contributed by atoms with van der Waals surface area (Å²) in [6, 6.07) is 0. The molecule has 0 aromatic carbocycles. The van der Waals surface area contributed by atoms with Gasteiger partial charge in [-0.05, 0) is 19.8 Å². The zero-order valence-corrected chi connectivity index (χ0v) is 29.9. The van der Waals surface area contributed by atoms with Crippen LogP contribution in [0.1, 0.15) is 207 Å². The lowest BCUT2D eigenvalue weighted by Crippen LogP contribution is -2.59. The van der Waals surface area contributed by atoms with Crippen LogP contribution in [0.5, 0.6) is 0 Å². The molecule has 0 spiro atoms. The SMILES string of the molecule is CCCCCCCCCCCCCCCCC(C(=O)CCCCCCCCCCCCCCC)C(=O)C(O)(C(C)=O)C(O)CO. The lowest BCUT2D eigenvalue weighted by molar-refractivity contribution is -0.168. The zero-order chi connectivity index (χ0) is 33.6. The van der Waals surface area contributed by atoms with Crippen molar-refractivity contribution >= 4 is 17.3 Å². The lowest BCUT2D eigenvalue weighted by atomic mass is 9.77. The van der Waals surface area contributed by atoms with Gasteiger partial charge in [0.1, 0.15) is 11.9 Å². The summed E-state index contributed by atoms with van der Waals surface area (Å²) in [6.45, 7) is 4.59. The van der Waals surface area contributed by atoms with E-state index in [2.05, 4.69) is 13.8 Å². The van der Waals surface area contributed by atoms with Crippen molar-refractivity contribution in [1.29, 1.82) is 0 Å². The van der Waals surface area contributed by atoms with Gasteiger partial charge in [-0.25, -0.2) is 0 Å². The van der Waals surface area contributed by atoms with Gasteiger partial charge < -0.3 is 15.3 Å². The normalized spacial score (nSPS) is 14.3. The summed E-state index contributed by atoms with van der Waals surface area (Å²) >= 11 is 0. The molecule has 0 saturated carbocycles. The van der Waals surface area contributed by atoms with E-state index < -0.39 is 35.8 Å². The molecule has 0 fully saturated rings. The van der Waals surface area contributed by atoms with Crippen molar-refractivity contribution in [2.75, 3.05) is 6.61 Å². The average Bonchev–Trinajstić information content (AvgIpc) is 3.03. The minimum absolute atomic E-state index is 0.232. The highest BCUT2D eigenvalue weighted by atomic mass is 16.4. The van der Waals surface area contributed by atoms with Crippen molar-refractivity contribution in [1.82, 2.24) is 0 Å². The Morgan fingerprint density at radius 3 is 1.16 bits per heavy atom. The van der Waals surface area contributed by atoms with Gasteiger partial charge in [0.25, 0.3) is 0 Å². The van der Waals surface area contributed by atoms with Gasteiger partial charge in [-0.3, -0.25) is 14.4 Å². The maximum absolute atomic E-state index is 13.4. The monoisotopic (exact) mass is 639 g/mol. The van der Waals surface area contributed by atoms with Crippen LogP contribution in [0.2, 0.25) is 0 Å². The Hall–Kier alpha value is -1.11. The van der Waals surface area contributed by atoms with E-state index in [1.54, 1.807) is 0 Å². The van der Waals surface area contributed by atoms with E-state index in [9.17, 15) is 29.7 Å². The number of unbranched alkanes of at least 4 members (excludes halogenated alkanes) is 25. The van der Waals surface area contributed by atoms with E-state index in [0.717, 1.165) is 45.4 Å². The number of Topliss-reactive ketones (excluding diaryl/α,β-unsaturated/α-hetero) is 3. The van der Waals surface area contributed by atoms with Gasteiger partial charge in [-0.1, -0.05) is 181 Å². The molecule has 6 nitrogen and oxygen atoms in total. The smallest absolute Gasteiger partial charge is 0.210 e. The largest absolute Gasteiger partial charge is 0.394 e. The summed E-state index contributed by atoms with van der Waals surface area (Å²) in [5, 5.41) is 30.5. The Morgan fingerprint density at radius 2 is 0.844 bits per heavy atom. The molecule has 6 heteroatoms. The first-order chi connectivity index (χ1) is 21.8. The molecule has 0 radical (unpaired) electrons. The molecule has 0 saturated heterocycles. The minimum Gasteiger partial charge on any atom is -0.394 e. The summed E-state index contributed by atoms with van der Waals surface area (Å²) in [4.78, 5) is 38.9. The molecule has 266 valence electrons. The van der Waals surface area contributed by atoms with E-state index in [1.807, 2.05) is 0 Å². The average molecular weight is 639 g/mol. The van der Waals surface area contributed by atoms with E-state index in [-0.39, 0.29) is 18.6 Å². The molecule has 0 rings (SSSR count). The van der Waals surface area contributed by atoms with Crippen LogP contribution < -0.4 is 0 Å². The maximum Gasteiger partial charge on any atom is 0.210 e. The second-order valence-corrected chi connectivity index (χ2v) is 13.8. The third-order valence-corrected chi connectivity index (χ3v) is 9.65. The highest BCUT2D eigenvalue weighted by Crippen LogP contribution is 2.26. The number of carbonyl (C=O) groups excluding carboxylic acids is 3. The fraction of sp³-hybridized carbons (Fsp3) is 0.923. The molecule has 3 atom stereocenters. The third kappa shape index (κ3) is 21.4. The molecule has 0 amide bonds. The summed E-state index contributed by atoms with van der Waals surface area (Å²) < 4.78 is 0. The van der Waals surface area contributed by atoms with Crippen molar-refractivity contribution in [3.05, 3.63) is 0 Å². The Bertz CT molecular complexity index is 722. The van der Waals surface area contributed by atoms with E-state index in [4.69, 9.17) is 0 Å². The third-order valence-electron chi connectivity index (χ3n) is 9.65. The van der Waals surface area contributed by atoms with Crippen molar-refractivity contribution in [3.8, 4) is 0 Å². The number of aliphatic hydroxyl groups excluding tert-OH is 2. The fourth-order valence-electron chi connectivity index (χ4n) is 6.44.